The number of fused-ring (bicyclic) bond motifs is 1. The zero-order valence-electron chi connectivity index (χ0n) is 6.87. The first-order valence-electron chi connectivity index (χ1n) is 3.95. The Bertz CT molecular complexity index is 210. The van der Waals surface area contributed by atoms with Crippen molar-refractivity contribution in [3.05, 3.63) is 12.0 Å². The molecule has 0 radical (unpaired) electrons. The van der Waals surface area contributed by atoms with Crippen LogP contribution in [0.15, 0.2) is 12.0 Å². The maximum Gasteiger partial charge on any atom is 0.187 e. The van der Waals surface area contributed by atoms with Crippen LogP contribution in [0.5, 0.6) is 0 Å². The third-order valence-corrected chi connectivity index (χ3v) is 2.37. The third kappa shape index (κ3) is 0.839. The molecule has 1 unspecified atom stereocenters. The Kier molecular flexibility index (Phi) is 1.21. The molecule has 0 bridgehead atoms. The largest absolute Gasteiger partial charge is 0.495 e. The molecule has 2 aliphatic rings. The molecular weight excluding hydrogens is 142 g/mol. The quantitative estimate of drug-likeness (QED) is 0.571. The first-order valence-corrected chi connectivity index (χ1v) is 3.95. The van der Waals surface area contributed by atoms with Crippen LogP contribution in [0.3, 0.4) is 0 Å². The number of nitrogens with zero attached hydrogens (tertiary/aromatic N) is 1. The Morgan fingerprint density at radius 2 is 2.45 bits per heavy atom. The van der Waals surface area contributed by atoms with Crippen molar-refractivity contribution in [2.24, 2.45) is 0 Å². The summed E-state index contributed by atoms with van der Waals surface area (Å²) in [6.45, 7) is 4.74. The van der Waals surface area contributed by atoms with Gasteiger partial charge in [-0.05, 0) is 26.3 Å². The molecule has 0 aliphatic carbocycles. The maximum atomic E-state index is 9.29. The van der Waals surface area contributed by atoms with Crippen LogP contribution in [0, 0.1) is 0 Å². The lowest BCUT2D eigenvalue weighted by Gasteiger charge is -2.51. The fourth-order valence-electron chi connectivity index (χ4n) is 1.80. The molecule has 0 aromatic carbocycles. The second-order valence-corrected chi connectivity index (χ2v) is 3.55. The molecule has 0 aromatic heterocycles. The van der Waals surface area contributed by atoms with E-state index in [1.54, 1.807) is 0 Å². The standard InChI is InChI=1S/C8H13NO2/c1-8(2)9-6(3-4-11-8)5-7(9)10/h5-6,10H,3-4H2,1-2H3. The monoisotopic (exact) mass is 155 g/mol. The number of aliphatic hydroxyl groups is 1. The van der Waals surface area contributed by atoms with Crippen molar-refractivity contribution < 1.29 is 9.84 Å². The van der Waals surface area contributed by atoms with Gasteiger partial charge in [-0.15, -0.1) is 0 Å². The van der Waals surface area contributed by atoms with E-state index in [9.17, 15) is 5.11 Å². The van der Waals surface area contributed by atoms with E-state index in [1.165, 1.54) is 0 Å². The summed E-state index contributed by atoms with van der Waals surface area (Å²) >= 11 is 0. The molecule has 2 aliphatic heterocycles. The molecule has 1 atom stereocenters. The van der Waals surface area contributed by atoms with Gasteiger partial charge in [-0.25, -0.2) is 0 Å². The SMILES string of the molecule is CC1(C)OCCC2C=C(O)N21. The summed E-state index contributed by atoms with van der Waals surface area (Å²) < 4.78 is 5.49. The fourth-order valence-corrected chi connectivity index (χ4v) is 1.80. The minimum Gasteiger partial charge on any atom is -0.495 e. The highest BCUT2D eigenvalue weighted by Crippen LogP contribution is 2.36. The van der Waals surface area contributed by atoms with E-state index in [4.69, 9.17) is 4.74 Å². The van der Waals surface area contributed by atoms with Gasteiger partial charge in [0, 0.05) is 0 Å². The lowest BCUT2D eigenvalue weighted by atomic mass is 10.00. The van der Waals surface area contributed by atoms with E-state index >= 15 is 0 Å². The van der Waals surface area contributed by atoms with Crippen molar-refractivity contribution in [2.75, 3.05) is 6.61 Å². The van der Waals surface area contributed by atoms with Crippen molar-refractivity contribution in [2.45, 2.75) is 32.0 Å². The van der Waals surface area contributed by atoms with Gasteiger partial charge in [0.05, 0.1) is 12.6 Å². The highest BCUT2D eigenvalue weighted by atomic mass is 16.5. The molecule has 11 heavy (non-hydrogen) atoms. The van der Waals surface area contributed by atoms with E-state index in [0.717, 1.165) is 13.0 Å². The number of ether oxygens (including phenoxy) is 1. The summed E-state index contributed by atoms with van der Waals surface area (Å²) in [4.78, 5) is 1.91. The van der Waals surface area contributed by atoms with E-state index in [2.05, 4.69) is 0 Å². The molecule has 0 aromatic rings. The number of hydrogen-bond donors (Lipinski definition) is 1. The molecule has 2 rings (SSSR count). The van der Waals surface area contributed by atoms with Gasteiger partial charge in [0.2, 0.25) is 0 Å². The zero-order chi connectivity index (χ0) is 8.06. The lowest BCUT2D eigenvalue weighted by molar-refractivity contribution is -0.190. The molecule has 2 heterocycles. The maximum absolute atomic E-state index is 9.29. The van der Waals surface area contributed by atoms with Gasteiger partial charge in [0.1, 0.15) is 5.72 Å². The minimum absolute atomic E-state index is 0.318. The zero-order valence-corrected chi connectivity index (χ0v) is 6.87. The van der Waals surface area contributed by atoms with Crippen molar-refractivity contribution in [1.82, 2.24) is 4.90 Å². The number of hydrogen-bond acceptors (Lipinski definition) is 3. The number of aliphatic hydroxyl groups excluding tert-OH is 1. The normalized spacial score (nSPS) is 33.8. The van der Waals surface area contributed by atoms with Gasteiger partial charge >= 0.3 is 0 Å². The first-order chi connectivity index (χ1) is 5.11. The Morgan fingerprint density at radius 3 is 2.91 bits per heavy atom. The molecule has 62 valence electrons. The Hall–Kier alpha value is -0.700. The van der Waals surface area contributed by atoms with Crippen molar-refractivity contribution in [1.29, 1.82) is 0 Å². The van der Waals surface area contributed by atoms with Crippen molar-refractivity contribution >= 4 is 0 Å². The predicted molar refractivity (Wildman–Crippen MR) is 41.0 cm³/mol. The molecule has 1 fully saturated rings. The Balaban J connectivity index is 2.22. The molecule has 0 spiro atoms. The Morgan fingerprint density at radius 1 is 1.73 bits per heavy atom. The van der Waals surface area contributed by atoms with E-state index in [1.807, 2.05) is 24.8 Å². The lowest BCUT2D eigenvalue weighted by Crippen LogP contribution is -2.59. The molecular formula is C8H13NO2. The summed E-state index contributed by atoms with van der Waals surface area (Å²) in [7, 11) is 0. The number of rotatable bonds is 0. The average molecular weight is 155 g/mol. The van der Waals surface area contributed by atoms with Gasteiger partial charge in [-0.1, -0.05) is 0 Å². The van der Waals surface area contributed by atoms with Crippen LogP contribution < -0.4 is 0 Å². The van der Waals surface area contributed by atoms with E-state index in [0.29, 0.717) is 11.9 Å². The minimum atomic E-state index is -0.318. The van der Waals surface area contributed by atoms with Gasteiger partial charge in [-0.2, -0.15) is 0 Å². The molecule has 3 nitrogen and oxygen atoms in total. The van der Waals surface area contributed by atoms with Crippen molar-refractivity contribution in [3.8, 4) is 0 Å². The second kappa shape index (κ2) is 1.91. The molecule has 1 saturated heterocycles. The van der Waals surface area contributed by atoms with Crippen LogP contribution in [-0.4, -0.2) is 28.4 Å². The van der Waals surface area contributed by atoms with E-state index in [-0.39, 0.29) is 5.72 Å². The fraction of sp³-hybridized carbons (Fsp3) is 0.750. The molecule has 0 amide bonds. The average Bonchev–Trinajstić information content (AvgIpc) is 1.82. The highest BCUT2D eigenvalue weighted by molar-refractivity contribution is 5.16. The van der Waals surface area contributed by atoms with E-state index < -0.39 is 0 Å². The highest BCUT2D eigenvalue weighted by Gasteiger charge is 2.43. The van der Waals surface area contributed by atoms with Gasteiger partial charge in [-0.3, -0.25) is 0 Å². The summed E-state index contributed by atoms with van der Waals surface area (Å²) in [6.07, 6.45) is 2.87. The smallest absolute Gasteiger partial charge is 0.187 e. The Labute approximate surface area is 66.3 Å². The molecule has 3 heteroatoms. The van der Waals surface area contributed by atoms with Crippen LogP contribution in [0.4, 0.5) is 0 Å². The second-order valence-electron chi connectivity index (χ2n) is 3.55. The van der Waals surface area contributed by atoms with Gasteiger partial charge in [0.25, 0.3) is 0 Å². The van der Waals surface area contributed by atoms with Crippen LogP contribution in [-0.2, 0) is 4.74 Å². The summed E-state index contributed by atoms with van der Waals surface area (Å²) in [5, 5.41) is 9.29. The topological polar surface area (TPSA) is 32.7 Å². The summed E-state index contributed by atoms with van der Waals surface area (Å²) in [5.41, 5.74) is -0.318. The van der Waals surface area contributed by atoms with Gasteiger partial charge < -0.3 is 14.7 Å². The van der Waals surface area contributed by atoms with Crippen LogP contribution in [0.25, 0.3) is 0 Å². The molecule has 1 N–H and O–H groups in total. The molecule has 0 saturated carbocycles. The van der Waals surface area contributed by atoms with Crippen molar-refractivity contribution in [3.63, 3.8) is 0 Å². The van der Waals surface area contributed by atoms with Crippen LogP contribution in [0.1, 0.15) is 20.3 Å². The first kappa shape index (κ1) is 6.98. The summed E-state index contributed by atoms with van der Waals surface area (Å²) in [5.74, 6) is 0.361. The van der Waals surface area contributed by atoms with Gasteiger partial charge in [0.15, 0.2) is 5.88 Å². The predicted octanol–water partition coefficient (Wildman–Crippen LogP) is 1.23. The van der Waals surface area contributed by atoms with Crippen LogP contribution in [0.2, 0.25) is 0 Å². The summed E-state index contributed by atoms with van der Waals surface area (Å²) in [6, 6.07) is 0.402. The van der Waals surface area contributed by atoms with Crippen LogP contribution >= 0.6 is 0 Å². The third-order valence-electron chi connectivity index (χ3n) is 2.37.